The minimum Gasteiger partial charge on any atom is -0.306 e. The number of carbonyl (C=O) groups is 1. The van der Waals surface area contributed by atoms with E-state index in [0.29, 0.717) is 16.4 Å². The van der Waals surface area contributed by atoms with E-state index < -0.39 is 12.7 Å². The third-order valence-electron chi connectivity index (χ3n) is 3.13. The molecule has 5 nitrogen and oxygen atoms in total. The number of nitrogens with zero attached hydrogens (tertiary/aromatic N) is 2. The lowest BCUT2D eigenvalue weighted by Crippen LogP contribution is -2.20. The maximum Gasteiger partial charge on any atom is 0.323 e. The van der Waals surface area contributed by atoms with Crippen molar-refractivity contribution in [2.75, 3.05) is 17.3 Å². The molecule has 21 heavy (non-hydrogen) atoms. The second-order valence-electron chi connectivity index (χ2n) is 4.62. The third kappa shape index (κ3) is 3.72. The lowest BCUT2D eigenvalue weighted by atomic mass is 10.1. The van der Waals surface area contributed by atoms with Crippen molar-refractivity contribution in [3.05, 3.63) is 40.7 Å². The molecule has 0 unspecified atom stereocenters. The molecule has 0 aliphatic rings. The molecule has 1 aromatic heterocycles. The zero-order valence-electron chi connectivity index (χ0n) is 11.8. The summed E-state index contributed by atoms with van der Waals surface area (Å²) >= 11 is 6.09. The van der Waals surface area contributed by atoms with Crippen molar-refractivity contribution < 1.29 is 9.18 Å². The minimum atomic E-state index is -0.509. The maximum atomic E-state index is 12.2. The Morgan fingerprint density at radius 2 is 2.14 bits per heavy atom. The first kappa shape index (κ1) is 15.3. The number of aryl methyl sites for hydroxylation is 2. The molecule has 112 valence electrons. The molecular formula is C14H16ClFN4O. The van der Waals surface area contributed by atoms with Crippen LogP contribution in [0.25, 0.3) is 0 Å². The van der Waals surface area contributed by atoms with Crippen LogP contribution in [0.1, 0.15) is 11.1 Å². The summed E-state index contributed by atoms with van der Waals surface area (Å²) in [5.41, 5.74) is 3.00. The van der Waals surface area contributed by atoms with E-state index in [-0.39, 0.29) is 6.54 Å². The summed E-state index contributed by atoms with van der Waals surface area (Å²) in [6.45, 7) is 3.48. The first-order valence-electron chi connectivity index (χ1n) is 6.43. The summed E-state index contributed by atoms with van der Waals surface area (Å²) in [5, 5.41) is 9.74. The number of alkyl halides is 1. The summed E-state index contributed by atoms with van der Waals surface area (Å²) < 4.78 is 13.6. The molecule has 1 aromatic carbocycles. The quantitative estimate of drug-likeness (QED) is 0.903. The lowest BCUT2D eigenvalue weighted by Gasteiger charge is -2.12. The van der Waals surface area contributed by atoms with Crippen molar-refractivity contribution in [3.8, 4) is 0 Å². The molecule has 0 radical (unpaired) electrons. The fourth-order valence-electron chi connectivity index (χ4n) is 1.85. The zero-order chi connectivity index (χ0) is 15.4. The Bertz CT molecular complexity index is 656. The van der Waals surface area contributed by atoms with Crippen LogP contribution in [0.5, 0.6) is 0 Å². The number of rotatable bonds is 4. The molecule has 0 aliphatic carbocycles. The standard InChI is InChI=1S/C14H16ClFN4O/c1-9-3-4-12(15)13(10(9)2)19-14(21)18-11-7-17-20(8-11)6-5-16/h3-4,7-8H,5-6H2,1-2H3,(H2,18,19,21). The number of halogens is 2. The summed E-state index contributed by atoms with van der Waals surface area (Å²) in [7, 11) is 0. The van der Waals surface area contributed by atoms with Gasteiger partial charge in [0.2, 0.25) is 0 Å². The predicted molar refractivity (Wildman–Crippen MR) is 81.8 cm³/mol. The Hall–Kier alpha value is -2.08. The van der Waals surface area contributed by atoms with Gasteiger partial charge in [0, 0.05) is 6.20 Å². The second kappa shape index (κ2) is 6.58. The molecular weight excluding hydrogens is 295 g/mol. The van der Waals surface area contributed by atoms with Crippen LogP contribution in [-0.2, 0) is 6.54 Å². The van der Waals surface area contributed by atoms with E-state index in [9.17, 15) is 9.18 Å². The highest BCUT2D eigenvalue weighted by Gasteiger charge is 2.11. The molecule has 2 aromatic rings. The molecule has 2 amide bonds. The van der Waals surface area contributed by atoms with Crippen LogP contribution in [-0.4, -0.2) is 22.5 Å². The molecule has 0 spiro atoms. The number of urea groups is 1. The van der Waals surface area contributed by atoms with Gasteiger partial charge >= 0.3 is 6.03 Å². The number of anilines is 2. The van der Waals surface area contributed by atoms with Crippen LogP contribution in [0, 0.1) is 13.8 Å². The first-order valence-corrected chi connectivity index (χ1v) is 6.81. The van der Waals surface area contributed by atoms with Crippen molar-refractivity contribution >= 4 is 29.0 Å². The van der Waals surface area contributed by atoms with E-state index in [1.54, 1.807) is 12.3 Å². The Labute approximate surface area is 127 Å². The Balaban J connectivity index is 2.06. The van der Waals surface area contributed by atoms with Gasteiger partial charge in [-0.25, -0.2) is 9.18 Å². The molecule has 2 rings (SSSR count). The summed E-state index contributed by atoms with van der Waals surface area (Å²) in [6.07, 6.45) is 3.02. The number of aromatic nitrogens is 2. The number of benzene rings is 1. The predicted octanol–water partition coefficient (Wildman–Crippen LogP) is 3.77. The fraction of sp³-hybridized carbons (Fsp3) is 0.286. The van der Waals surface area contributed by atoms with E-state index in [4.69, 9.17) is 11.6 Å². The third-order valence-corrected chi connectivity index (χ3v) is 3.44. The molecule has 0 bridgehead atoms. The molecule has 7 heteroatoms. The van der Waals surface area contributed by atoms with Gasteiger partial charge in [0.25, 0.3) is 0 Å². The van der Waals surface area contributed by atoms with Gasteiger partial charge in [-0.05, 0) is 31.0 Å². The average Bonchev–Trinajstić information content (AvgIpc) is 2.87. The van der Waals surface area contributed by atoms with Gasteiger partial charge in [-0.2, -0.15) is 5.10 Å². The highest BCUT2D eigenvalue weighted by atomic mass is 35.5. The number of carbonyl (C=O) groups excluding carboxylic acids is 1. The smallest absolute Gasteiger partial charge is 0.306 e. The van der Waals surface area contributed by atoms with Gasteiger partial charge in [-0.1, -0.05) is 17.7 Å². The van der Waals surface area contributed by atoms with Gasteiger partial charge in [0.05, 0.1) is 29.1 Å². The maximum absolute atomic E-state index is 12.2. The highest BCUT2D eigenvalue weighted by Crippen LogP contribution is 2.28. The highest BCUT2D eigenvalue weighted by molar-refractivity contribution is 6.34. The van der Waals surface area contributed by atoms with Gasteiger partial charge in [-0.15, -0.1) is 0 Å². The summed E-state index contributed by atoms with van der Waals surface area (Å²) in [4.78, 5) is 12.0. The first-order chi connectivity index (χ1) is 10.0. The SMILES string of the molecule is Cc1ccc(Cl)c(NC(=O)Nc2cnn(CCF)c2)c1C. The van der Waals surface area contributed by atoms with Crippen molar-refractivity contribution in [1.82, 2.24) is 9.78 Å². The van der Waals surface area contributed by atoms with Crippen LogP contribution >= 0.6 is 11.6 Å². The summed E-state index contributed by atoms with van der Waals surface area (Å²) in [6, 6.07) is 3.20. The van der Waals surface area contributed by atoms with E-state index >= 15 is 0 Å². The average molecular weight is 311 g/mol. The molecule has 1 heterocycles. The van der Waals surface area contributed by atoms with Crippen LogP contribution in [0.3, 0.4) is 0 Å². The van der Waals surface area contributed by atoms with Crippen LogP contribution in [0.2, 0.25) is 5.02 Å². The van der Waals surface area contributed by atoms with Gasteiger partial charge < -0.3 is 10.6 Å². The Kier molecular flexibility index (Phi) is 4.80. The van der Waals surface area contributed by atoms with E-state index in [2.05, 4.69) is 15.7 Å². The van der Waals surface area contributed by atoms with Gasteiger partial charge in [0.1, 0.15) is 6.67 Å². The molecule has 2 N–H and O–H groups in total. The van der Waals surface area contributed by atoms with Crippen molar-refractivity contribution in [2.24, 2.45) is 0 Å². The molecule has 0 aliphatic heterocycles. The number of hydrogen-bond acceptors (Lipinski definition) is 2. The topological polar surface area (TPSA) is 59.0 Å². The lowest BCUT2D eigenvalue weighted by molar-refractivity contribution is 0.262. The molecule has 0 saturated heterocycles. The van der Waals surface area contributed by atoms with Crippen LogP contribution in [0.15, 0.2) is 24.5 Å². The van der Waals surface area contributed by atoms with Crippen LogP contribution in [0.4, 0.5) is 20.6 Å². The fourth-order valence-corrected chi connectivity index (χ4v) is 2.10. The second-order valence-corrected chi connectivity index (χ2v) is 5.03. The Morgan fingerprint density at radius 1 is 1.38 bits per heavy atom. The van der Waals surface area contributed by atoms with Gasteiger partial charge in [-0.3, -0.25) is 4.68 Å². The minimum absolute atomic E-state index is 0.159. The van der Waals surface area contributed by atoms with Crippen molar-refractivity contribution in [2.45, 2.75) is 20.4 Å². The van der Waals surface area contributed by atoms with E-state index in [1.165, 1.54) is 10.9 Å². The molecule has 0 atom stereocenters. The van der Waals surface area contributed by atoms with Crippen LogP contribution < -0.4 is 10.6 Å². The number of nitrogens with one attached hydrogen (secondary N) is 2. The normalized spacial score (nSPS) is 10.5. The van der Waals surface area contributed by atoms with Gasteiger partial charge in [0.15, 0.2) is 0 Å². The van der Waals surface area contributed by atoms with Crippen molar-refractivity contribution in [3.63, 3.8) is 0 Å². The summed E-state index contributed by atoms with van der Waals surface area (Å²) in [5.74, 6) is 0. The van der Waals surface area contributed by atoms with E-state index in [0.717, 1.165) is 11.1 Å². The monoisotopic (exact) mass is 310 g/mol. The number of hydrogen-bond donors (Lipinski definition) is 2. The van der Waals surface area contributed by atoms with Crippen molar-refractivity contribution in [1.29, 1.82) is 0 Å². The molecule has 0 saturated carbocycles. The largest absolute Gasteiger partial charge is 0.323 e. The Morgan fingerprint density at radius 3 is 2.86 bits per heavy atom. The van der Waals surface area contributed by atoms with E-state index in [1.807, 2.05) is 19.9 Å². The number of amides is 2. The molecule has 0 fully saturated rings. The zero-order valence-corrected chi connectivity index (χ0v) is 12.5.